The Labute approximate surface area is 62.4 Å². The Balaban J connectivity index is 4.16. The number of hydrogen-bond donors (Lipinski definition) is 1. The van der Waals surface area contributed by atoms with Gasteiger partial charge in [0.15, 0.2) is 0 Å². The maximum atomic E-state index is 8.68. The van der Waals surface area contributed by atoms with E-state index in [9.17, 15) is 0 Å². The Morgan fingerprint density at radius 3 is 2.00 bits per heavy atom. The molecule has 1 nitrogen and oxygen atoms in total. The topological polar surface area (TPSA) is 20.2 Å². The third-order valence-corrected chi connectivity index (χ3v) is 1.31. The van der Waals surface area contributed by atoms with Gasteiger partial charge in [-0.3, -0.25) is 0 Å². The molecule has 0 aromatic heterocycles. The van der Waals surface area contributed by atoms with Crippen molar-refractivity contribution in [2.75, 3.05) is 0 Å². The van der Waals surface area contributed by atoms with Crippen LogP contribution in [0.2, 0.25) is 0 Å². The summed E-state index contributed by atoms with van der Waals surface area (Å²) in [7, 11) is 0. The first kappa shape index (κ1) is 9.02. The third kappa shape index (κ3) is 3.96. The Morgan fingerprint density at radius 1 is 1.20 bits per heavy atom. The molecule has 0 aliphatic carbocycles. The first-order valence-corrected chi connectivity index (χ1v) is 3.24. The molecular weight excluding hydrogens is 124 g/mol. The molecule has 0 atom stereocenters. The molecule has 0 saturated carbocycles. The van der Waals surface area contributed by atoms with Crippen LogP contribution in [-0.2, 0) is 0 Å². The van der Waals surface area contributed by atoms with Crippen molar-refractivity contribution in [3.63, 3.8) is 0 Å². The van der Waals surface area contributed by atoms with Crippen LogP contribution in [-0.4, -0.2) is 5.11 Å². The molecule has 1 heteroatoms. The van der Waals surface area contributed by atoms with Crippen molar-refractivity contribution in [1.29, 1.82) is 0 Å². The van der Waals surface area contributed by atoms with E-state index in [-0.39, 0.29) is 5.76 Å². The van der Waals surface area contributed by atoms with Crippen LogP contribution in [0.4, 0.5) is 0 Å². The molecule has 0 radical (unpaired) electrons. The zero-order valence-corrected chi connectivity index (χ0v) is 6.81. The largest absolute Gasteiger partial charge is 0.509 e. The fraction of sp³-hybridized carbons (Fsp3) is 0.333. The van der Waals surface area contributed by atoms with Crippen molar-refractivity contribution < 1.29 is 5.11 Å². The second-order valence-corrected chi connectivity index (χ2v) is 2.51. The van der Waals surface area contributed by atoms with E-state index in [1.807, 2.05) is 26.8 Å². The van der Waals surface area contributed by atoms with E-state index in [0.29, 0.717) is 0 Å². The molecule has 0 amide bonds. The number of aliphatic hydroxyl groups is 1. The van der Waals surface area contributed by atoms with Crippen molar-refractivity contribution in [2.24, 2.45) is 0 Å². The quantitative estimate of drug-likeness (QED) is 0.459. The minimum absolute atomic E-state index is 0.0978. The van der Waals surface area contributed by atoms with Gasteiger partial charge in [-0.05, 0) is 26.8 Å². The third-order valence-electron chi connectivity index (χ3n) is 1.31. The Hall–Kier alpha value is -0.980. The molecular formula is C9H14O. The lowest BCUT2D eigenvalue weighted by Crippen LogP contribution is -1.74. The van der Waals surface area contributed by atoms with Gasteiger partial charge < -0.3 is 5.11 Å². The summed E-state index contributed by atoms with van der Waals surface area (Å²) in [5.74, 6) is 0.0978. The molecule has 1 N–H and O–H groups in total. The van der Waals surface area contributed by atoms with E-state index >= 15 is 0 Å². The van der Waals surface area contributed by atoms with E-state index in [1.165, 1.54) is 5.57 Å². The lowest BCUT2D eigenvalue weighted by Gasteiger charge is -1.93. The minimum Gasteiger partial charge on any atom is -0.509 e. The van der Waals surface area contributed by atoms with Crippen molar-refractivity contribution >= 4 is 0 Å². The molecule has 0 bridgehead atoms. The van der Waals surface area contributed by atoms with Crippen molar-refractivity contribution in [2.45, 2.75) is 20.8 Å². The van der Waals surface area contributed by atoms with Crippen molar-refractivity contribution in [1.82, 2.24) is 0 Å². The normalized spacial score (nSPS) is 9.90. The molecule has 0 saturated heterocycles. The van der Waals surface area contributed by atoms with E-state index in [0.717, 1.165) is 5.57 Å². The molecule has 10 heavy (non-hydrogen) atoms. The van der Waals surface area contributed by atoms with Gasteiger partial charge in [0, 0.05) is 0 Å². The zero-order chi connectivity index (χ0) is 8.15. The molecule has 0 spiro atoms. The highest BCUT2D eigenvalue weighted by Crippen LogP contribution is 2.03. The van der Waals surface area contributed by atoms with Crippen LogP contribution in [0.25, 0.3) is 0 Å². The zero-order valence-electron chi connectivity index (χ0n) is 6.81. The van der Waals surface area contributed by atoms with Crippen LogP contribution in [0.15, 0.2) is 35.6 Å². The maximum absolute atomic E-state index is 8.68. The molecule has 0 fully saturated rings. The average molecular weight is 138 g/mol. The van der Waals surface area contributed by atoms with Crippen LogP contribution >= 0.6 is 0 Å². The van der Waals surface area contributed by atoms with Gasteiger partial charge in [0.05, 0.1) is 0 Å². The SMILES string of the molecule is C=C(O)/C=C\C(C)=C(C)C. The highest BCUT2D eigenvalue weighted by atomic mass is 16.3. The smallest absolute Gasteiger partial charge is 0.108 e. The lowest BCUT2D eigenvalue weighted by molar-refractivity contribution is 0.435. The van der Waals surface area contributed by atoms with Crippen LogP contribution in [0.1, 0.15) is 20.8 Å². The predicted molar refractivity (Wildman–Crippen MR) is 45.0 cm³/mol. The number of hydrogen-bond acceptors (Lipinski definition) is 1. The van der Waals surface area contributed by atoms with Gasteiger partial charge in [-0.15, -0.1) is 0 Å². The molecule has 0 aliphatic heterocycles. The molecule has 0 rings (SSSR count). The van der Waals surface area contributed by atoms with Crippen LogP contribution in [0, 0.1) is 0 Å². The summed E-state index contributed by atoms with van der Waals surface area (Å²) in [4.78, 5) is 0. The standard InChI is InChI=1S/C9H14O/c1-7(2)8(3)5-6-9(4)10/h5-6,10H,4H2,1-3H3/b6-5-. The summed E-state index contributed by atoms with van der Waals surface area (Å²) in [5.41, 5.74) is 2.41. The first-order valence-electron chi connectivity index (χ1n) is 3.24. The van der Waals surface area contributed by atoms with Crippen LogP contribution in [0.3, 0.4) is 0 Å². The fourth-order valence-corrected chi connectivity index (χ4v) is 0.388. The second-order valence-electron chi connectivity index (χ2n) is 2.51. The van der Waals surface area contributed by atoms with Crippen LogP contribution < -0.4 is 0 Å². The van der Waals surface area contributed by atoms with Gasteiger partial charge >= 0.3 is 0 Å². The van der Waals surface area contributed by atoms with Gasteiger partial charge in [0.25, 0.3) is 0 Å². The van der Waals surface area contributed by atoms with E-state index < -0.39 is 0 Å². The summed E-state index contributed by atoms with van der Waals surface area (Å²) in [5, 5.41) is 8.68. The van der Waals surface area contributed by atoms with Gasteiger partial charge in [0.2, 0.25) is 0 Å². The molecule has 0 unspecified atom stereocenters. The molecule has 0 aliphatic rings. The summed E-state index contributed by atoms with van der Waals surface area (Å²) >= 11 is 0. The maximum Gasteiger partial charge on any atom is 0.108 e. The second kappa shape index (κ2) is 3.94. The van der Waals surface area contributed by atoms with Crippen LogP contribution in [0.5, 0.6) is 0 Å². The average Bonchev–Trinajstić information content (AvgIpc) is 1.82. The molecule has 0 heterocycles. The van der Waals surface area contributed by atoms with Gasteiger partial charge in [0.1, 0.15) is 5.76 Å². The summed E-state index contributed by atoms with van der Waals surface area (Å²) in [6, 6.07) is 0. The number of allylic oxidation sites excluding steroid dienone is 4. The molecule has 56 valence electrons. The van der Waals surface area contributed by atoms with E-state index in [1.54, 1.807) is 6.08 Å². The molecule has 0 aromatic carbocycles. The van der Waals surface area contributed by atoms with E-state index in [4.69, 9.17) is 5.11 Å². The number of rotatable bonds is 2. The number of aliphatic hydroxyl groups excluding tert-OH is 1. The van der Waals surface area contributed by atoms with Crippen molar-refractivity contribution in [3.8, 4) is 0 Å². The summed E-state index contributed by atoms with van der Waals surface area (Å²) in [6.07, 6.45) is 3.43. The Morgan fingerprint density at radius 2 is 1.70 bits per heavy atom. The summed E-state index contributed by atoms with van der Waals surface area (Å²) in [6.45, 7) is 9.38. The fourth-order valence-electron chi connectivity index (χ4n) is 0.388. The minimum atomic E-state index is 0.0978. The lowest BCUT2D eigenvalue weighted by atomic mass is 10.1. The highest BCUT2D eigenvalue weighted by molar-refractivity contribution is 5.24. The first-order chi connectivity index (χ1) is 4.54. The Kier molecular flexibility index (Phi) is 3.55. The Bertz CT molecular complexity index is 181. The van der Waals surface area contributed by atoms with Gasteiger partial charge in [-0.25, -0.2) is 0 Å². The summed E-state index contributed by atoms with van der Waals surface area (Å²) < 4.78 is 0. The van der Waals surface area contributed by atoms with Gasteiger partial charge in [-0.2, -0.15) is 0 Å². The predicted octanol–water partition coefficient (Wildman–Crippen LogP) is 2.97. The van der Waals surface area contributed by atoms with Gasteiger partial charge in [-0.1, -0.05) is 23.8 Å². The highest BCUT2D eigenvalue weighted by Gasteiger charge is 1.84. The molecule has 0 aromatic rings. The van der Waals surface area contributed by atoms with Crippen molar-refractivity contribution in [3.05, 3.63) is 35.6 Å². The van der Waals surface area contributed by atoms with E-state index in [2.05, 4.69) is 6.58 Å². The monoisotopic (exact) mass is 138 g/mol.